The van der Waals surface area contributed by atoms with E-state index in [4.69, 9.17) is 4.42 Å². The van der Waals surface area contributed by atoms with Gasteiger partial charge in [-0.05, 0) is 54.1 Å². The van der Waals surface area contributed by atoms with E-state index in [-0.39, 0.29) is 18.4 Å². The number of benzene rings is 2. The quantitative estimate of drug-likeness (QED) is 0.537. The number of alkyl halides is 3. The molecular formula is C23H17F3N2O3S. The third-order valence-electron chi connectivity index (χ3n) is 4.86. The molecule has 32 heavy (non-hydrogen) atoms. The van der Waals surface area contributed by atoms with E-state index in [0.717, 1.165) is 17.0 Å². The first kappa shape index (κ1) is 21.8. The summed E-state index contributed by atoms with van der Waals surface area (Å²) >= 11 is 1.21. The Balaban J connectivity index is 1.53. The van der Waals surface area contributed by atoms with Gasteiger partial charge in [-0.1, -0.05) is 23.9 Å². The zero-order chi connectivity index (χ0) is 22.9. The van der Waals surface area contributed by atoms with Crippen LogP contribution in [0, 0.1) is 0 Å². The molecule has 1 aliphatic rings. The van der Waals surface area contributed by atoms with E-state index in [1.807, 2.05) is 0 Å². The Morgan fingerprint density at radius 3 is 2.56 bits per heavy atom. The zero-order valence-electron chi connectivity index (χ0n) is 16.8. The van der Waals surface area contributed by atoms with Crippen LogP contribution in [0.25, 0.3) is 6.08 Å². The van der Waals surface area contributed by atoms with Gasteiger partial charge in [0.05, 0.1) is 29.0 Å². The molecule has 1 aliphatic heterocycles. The third-order valence-corrected chi connectivity index (χ3v) is 5.93. The normalized spacial score (nSPS) is 15.1. The maximum Gasteiger partial charge on any atom is 0.416 e. The van der Waals surface area contributed by atoms with Crippen molar-refractivity contribution in [3.8, 4) is 0 Å². The van der Waals surface area contributed by atoms with Gasteiger partial charge in [0.2, 0.25) is 0 Å². The molecule has 0 bridgehead atoms. The summed E-state index contributed by atoms with van der Waals surface area (Å²) in [5.74, 6) is 0.00823. The number of hydrogen-bond donors (Lipinski definition) is 1. The summed E-state index contributed by atoms with van der Waals surface area (Å²) in [5.41, 5.74) is 0.711. The second kappa shape index (κ2) is 8.58. The number of anilines is 1. The lowest BCUT2D eigenvalue weighted by Crippen LogP contribution is -2.31. The Kier molecular flexibility index (Phi) is 5.84. The summed E-state index contributed by atoms with van der Waals surface area (Å²) in [6.07, 6.45) is -1.34. The summed E-state index contributed by atoms with van der Waals surface area (Å²) in [6, 6.07) is 13.1. The first-order valence-electron chi connectivity index (χ1n) is 9.52. The van der Waals surface area contributed by atoms with Gasteiger partial charge in [-0.2, -0.15) is 13.2 Å². The topological polar surface area (TPSA) is 62.6 Å². The Bertz CT molecular complexity index is 1190. The van der Waals surface area contributed by atoms with E-state index in [0.29, 0.717) is 27.5 Å². The molecule has 2 amide bonds. The number of furan rings is 1. The minimum atomic E-state index is -4.41. The Labute approximate surface area is 185 Å². The number of carbonyl (C=O) groups is 2. The predicted octanol–water partition coefficient (Wildman–Crippen LogP) is 5.34. The molecule has 0 radical (unpaired) electrons. The van der Waals surface area contributed by atoms with Crippen molar-refractivity contribution in [3.63, 3.8) is 0 Å². The molecule has 1 N–H and O–H groups in total. The van der Waals surface area contributed by atoms with Crippen molar-refractivity contribution < 1.29 is 27.2 Å². The van der Waals surface area contributed by atoms with Gasteiger partial charge in [0.1, 0.15) is 5.76 Å². The van der Waals surface area contributed by atoms with E-state index in [2.05, 4.69) is 5.32 Å². The van der Waals surface area contributed by atoms with Crippen LogP contribution in [0.4, 0.5) is 18.9 Å². The molecule has 3 aromatic rings. The fraction of sp³-hybridized carbons (Fsp3) is 0.130. The van der Waals surface area contributed by atoms with Gasteiger partial charge in [0.25, 0.3) is 11.8 Å². The largest absolute Gasteiger partial charge is 0.467 e. The number of thioether (sulfide) groups is 1. The van der Waals surface area contributed by atoms with Crippen molar-refractivity contribution >= 4 is 35.3 Å². The van der Waals surface area contributed by atoms with Gasteiger partial charge in [0.15, 0.2) is 0 Å². The van der Waals surface area contributed by atoms with Crippen molar-refractivity contribution in [2.24, 2.45) is 0 Å². The first-order chi connectivity index (χ1) is 15.2. The maximum atomic E-state index is 12.8. The summed E-state index contributed by atoms with van der Waals surface area (Å²) in [6.45, 7) is 0.243. The molecule has 0 saturated heterocycles. The summed E-state index contributed by atoms with van der Waals surface area (Å²) in [4.78, 5) is 27.8. The number of amides is 2. The molecule has 0 spiro atoms. The van der Waals surface area contributed by atoms with Crippen molar-refractivity contribution in [2.75, 3.05) is 11.9 Å². The monoisotopic (exact) mass is 458 g/mol. The van der Waals surface area contributed by atoms with Crippen molar-refractivity contribution in [1.82, 2.24) is 5.32 Å². The number of hydrogen-bond acceptors (Lipinski definition) is 4. The smallest absolute Gasteiger partial charge is 0.416 e. The average Bonchev–Trinajstić information content (AvgIpc) is 3.29. The highest BCUT2D eigenvalue weighted by Gasteiger charge is 2.30. The molecule has 0 saturated carbocycles. The molecule has 1 aromatic heterocycles. The van der Waals surface area contributed by atoms with Crippen LogP contribution in [0.3, 0.4) is 0 Å². The molecule has 0 unspecified atom stereocenters. The second-order valence-corrected chi connectivity index (χ2v) is 8.12. The molecule has 0 aliphatic carbocycles. The highest BCUT2D eigenvalue weighted by atomic mass is 32.2. The van der Waals surface area contributed by atoms with Crippen molar-refractivity contribution in [2.45, 2.75) is 17.6 Å². The van der Waals surface area contributed by atoms with Crippen LogP contribution in [0.2, 0.25) is 0 Å². The Hall–Kier alpha value is -3.46. The summed E-state index contributed by atoms with van der Waals surface area (Å²) in [5, 5.41) is 2.76. The van der Waals surface area contributed by atoms with E-state index < -0.39 is 11.7 Å². The highest BCUT2D eigenvalue weighted by molar-refractivity contribution is 8.04. The van der Waals surface area contributed by atoms with Gasteiger partial charge in [-0.15, -0.1) is 0 Å². The summed E-state index contributed by atoms with van der Waals surface area (Å²) in [7, 11) is 1.59. The molecule has 2 aromatic carbocycles. The molecule has 4 rings (SSSR count). The lowest BCUT2D eigenvalue weighted by Gasteiger charge is -2.27. The number of likely N-dealkylation sites (N-methyl/N-ethyl adjacent to an activating group) is 1. The fourth-order valence-electron chi connectivity index (χ4n) is 3.14. The molecule has 5 nitrogen and oxygen atoms in total. The van der Waals surface area contributed by atoms with Crippen LogP contribution in [0.1, 0.15) is 27.2 Å². The summed E-state index contributed by atoms with van der Waals surface area (Å²) < 4.78 is 43.5. The number of fused-ring (bicyclic) bond motifs is 1. The first-order valence-corrected chi connectivity index (χ1v) is 10.3. The van der Waals surface area contributed by atoms with E-state index in [1.54, 1.807) is 43.5 Å². The van der Waals surface area contributed by atoms with Crippen molar-refractivity contribution in [1.29, 1.82) is 0 Å². The van der Waals surface area contributed by atoms with Crippen molar-refractivity contribution in [3.05, 3.63) is 88.2 Å². The lowest BCUT2D eigenvalue weighted by atomic mass is 10.1. The van der Waals surface area contributed by atoms with Gasteiger partial charge < -0.3 is 14.6 Å². The van der Waals surface area contributed by atoms with Gasteiger partial charge in [-0.25, -0.2) is 0 Å². The van der Waals surface area contributed by atoms with Gasteiger partial charge in [-0.3, -0.25) is 9.59 Å². The molecule has 0 atom stereocenters. The Morgan fingerprint density at radius 1 is 1.16 bits per heavy atom. The second-order valence-electron chi connectivity index (χ2n) is 7.04. The molecule has 0 fully saturated rings. The molecular weight excluding hydrogens is 441 g/mol. The molecule has 2 heterocycles. The standard InChI is InChI=1S/C23H17F3N2O3S/c1-28-18-12-15(21(29)27-13-17-3-2-10-31-17)6-9-19(18)32-20(22(28)30)11-14-4-7-16(8-5-14)23(24,25)26/h2-12H,13H2,1H3,(H,27,29)/b20-11-. The minimum Gasteiger partial charge on any atom is -0.467 e. The number of nitrogens with one attached hydrogen (secondary N) is 1. The number of carbonyl (C=O) groups excluding carboxylic acids is 2. The predicted molar refractivity (Wildman–Crippen MR) is 115 cm³/mol. The van der Waals surface area contributed by atoms with Crippen LogP contribution < -0.4 is 10.2 Å². The minimum absolute atomic E-state index is 0.243. The fourth-order valence-corrected chi connectivity index (χ4v) is 4.23. The van der Waals surface area contributed by atoms with Gasteiger partial charge in [0, 0.05) is 17.5 Å². The van der Waals surface area contributed by atoms with Crippen LogP contribution >= 0.6 is 11.8 Å². The number of halogens is 3. The molecule has 9 heteroatoms. The van der Waals surface area contributed by atoms with E-state index in [9.17, 15) is 22.8 Å². The van der Waals surface area contributed by atoms with Gasteiger partial charge >= 0.3 is 6.18 Å². The third kappa shape index (κ3) is 4.57. The van der Waals surface area contributed by atoms with E-state index in [1.165, 1.54) is 35.1 Å². The van der Waals surface area contributed by atoms with E-state index >= 15 is 0 Å². The Morgan fingerprint density at radius 2 is 1.91 bits per heavy atom. The van der Waals surface area contributed by atoms with Crippen LogP contribution in [0.5, 0.6) is 0 Å². The van der Waals surface area contributed by atoms with Crippen LogP contribution in [0.15, 0.2) is 75.1 Å². The lowest BCUT2D eigenvalue weighted by molar-refractivity contribution is -0.137. The SMILES string of the molecule is CN1C(=O)/C(=C/c2ccc(C(F)(F)F)cc2)Sc2ccc(C(=O)NCc3ccco3)cc21. The van der Waals surface area contributed by atoms with Crippen LogP contribution in [-0.4, -0.2) is 18.9 Å². The number of rotatable bonds is 4. The van der Waals surface area contributed by atoms with Crippen LogP contribution in [-0.2, 0) is 17.5 Å². The highest BCUT2D eigenvalue weighted by Crippen LogP contribution is 2.42. The average molecular weight is 458 g/mol. The zero-order valence-corrected chi connectivity index (χ0v) is 17.6. The maximum absolute atomic E-state index is 12.8. The molecule has 164 valence electrons. The number of nitrogens with zero attached hydrogens (tertiary/aromatic N) is 1.